The quantitative estimate of drug-likeness (QED) is 0.607. The zero-order chi connectivity index (χ0) is 15.8. The van der Waals surface area contributed by atoms with Gasteiger partial charge in [0.1, 0.15) is 0 Å². The van der Waals surface area contributed by atoms with Crippen molar-refractivity contribution in [3.05, 3.63) is 28.3 Å². The first-order valence-electron chi connectivity index (χ1n) is 5.91. The molecule has 1 aliphatic heterocycles. The second kappa shape index (κ2) is 5.53. The molecule has 1 fully saturated rings. The van der Waals surface area contributed by atoms with Crippen LogP contribution in [0.15, 0.2) is 23.1 Å². The minimum atomic E-state index is -4.18. The number of hydrogen-bond acceptors (Lipinski definition) is 5. The number of benzene rings is 1. The summed E-state index contributed by atoms with van der Waals surface area (Å²) in [5, 5.41) is 10.9. The van der Waals surface area contributed by atoms with E-state index in [0.717, 1.165) is 18.2 Å². The number of nitrogens with zero attached hydrogens (tertiary/aromatic N) is 2. The van der Waals surface area contributed by atoms with Crippen LogP contribution in [-0.4, -0.2) is 43.8 Å². The summed E-state index contributed by atoms with van der Waals surface area (Å²) >= 11 is 0. The van der Waals surface area contributed by atoms with Crippen LogP contribution in [0.1, 0.15) is 6.42 Å². The highest BCUT2D eigenvalue weighted by Gasteiger charge is 2.44. The van der Waals surface area contributed by atoms with E-state index in [9.17, 15) is 27.3 Å². The zero-order valence-electron chi connectivity index (χ0n) is 10.9. The highest BCUT2D eigenvalue weighted by molar-refractivity contribution is 7.89. The maximum Gasteiger partial charge on any atom is 0.312 e. The molecule has 2 rings (SSSR count). The molecule has 116 valence electrons. The van der Waals surface area contributed by atoms with Crippen molar-refractivity contribution in [3.8, 4) is 5.75 Å². The SMILES string of the molecule is COc1ccc(S(=O)(=O)N2CC[C@@H]2C(F)F)cc1[N+](=O)[O-]. The first kappa shape index (κ1) is 15.6. The van der Waals surface area contributed by atoms with Crippen molar-refractivity contribution in [2.24, 2.45) is 0 Å². The first-order valence-corrected chi connectivity index (χ1v) is 7.35. The third-order valence-corrected chi connectivity index (χ3v) is 5.18. The van der Waals surface area contributed by atoms with Gasteiger partial charge in [0.05, 0.1) is 23.0 Å². The van der Waals surface area contributed by atoms with Crippen LogP contribution in [0, 0.1) is 10.1 Å². The monoisotopic (exact) mass is 322 g/mol. The van der Waals surface area contributed by atoms with Gasteiger partial charge in [-0.25, -0.2) is 17.2 Å². The van der Waals surface area contributed by atoms with E-state index >= 15 is 0 Å². The van der Waals surface area contributed by atoms with Crippen LogP contribution in [0.3, 0.4) is 0 Å². The Morgan fingerprint density at radius 1 is 1.48 bits per heavy atom. The molecule has 1 heterocycles. The summed E-state index contributed by atoms with van der Waals surface area (Å²) in [7, 11) is -2.98. The minimum absolute atomic E-state index is 0.0306. The lowest BCUT2D eigenvalue weighted by Crippen LogP contribution is -2.54. The predicted molar refractivity (Wildman–Crippen MR) is 67.9 cm³/mol. The number of sulfonamides is 1. The number of halogens is 2. The summed E-state index contributed by atoms with van der Waals surface area (Å²) in [6.45, 7) is -0.0306. The number of alkyl halides is 2. The van der Waals surface area contributed by atoms with Crippen molar-refractivity contribution in [1.29, 1.82) is 0 Å². The van der Waals surface area contributed by atoms with E-state index in [1.807, 2.05) is 0 Å². The van der Waals surface area contributed by atoms with Gasteiger partial charge in [0.15, 0.2) is 5.75 Å². The normalized spacial score (nSPS) is 19.3. The Hall–Kier alpha value is -1.81. The van der Waals surface area contributed by atoms with E-state index in [4.69, 9.17) is 4.74 Å². The van der Waals surface area contributed by atoms with Gasteiger partial charge in [0.25, 0.3) is 6.43 Å². The van der Waals surface area contributed by atoms with Crippen LogP contribution in [0.2, 0.25) is 0 Å². The molecule has 1 saturated heterocycles. The second-order valence-electron chi connectivity index (χ2n) is 4.40. The van der Waals surface area contributed by atoms with Crippen molar-refractivity contribution in [3.63, 3.8) is 0 Å². The third-order valence-electron chi connectivity index (χ3n) is 3.26. The van der Waals surface area contributed by atoms with Gasteiger partial charge in [-0.1, -0.05) is 0 Å². The van der Waals surface area contributed by atoms with Crippen LogP contribution < -0.4 is 4.74 Å². The molecule has 1 aliphatic rings. The van der Waals surface area contributed by atoms with Crippen molar-refractivity contribution < 1.29 is 26.9 Å². The Labute approximate surface area is 119 Å². The lowest BCUT2D eigenvalue weighted by atomic mass is 10.1. The van der Waals surface area contributed by atoms with Gasteiger partial charge in [0, 0.05) is 12.6 Å². The first-order chi connectivity index (χ1) is 9.78. The lowest BCUT2D eigenvalue weighted by Gasteiger charge is -2.38. The fraction of sp³-hybridized carbons (Fsp3) is 0.455. The molecule has 0 spiro atoms. The van der Waals surface area contributed by atoms with Crippen molar-refractivity contribution in [1.82, 2.24) is 4.31 Å². The Balaban J connectivity index is 2.42. The Morgan fingerprint density at radius 2 is 2.14 bits per heavy atom. The third kappa shape index (κ3) is 2.68. The van der Waals surface area contributed by atoms with Crippen LogP contribution >= 0.6 is 0 Å². The van der Waals surface area contributed by atoms with Gasteiger partial charge < -0.3 is 4.74 Å². The molecule has 0 radical (unpaired) electrons. The highest BCUT2D eigenvalue weighted by atomic mass is 32.2. The fourth-order valence-corrected chi connectivity index (χ4v) is 3.71. The number of nitro benzene ring substituents is 1. The number of rotatable bonds is 5. The number of nitro groups is 1. The van der Waals surface area contributed by atoms with Gasteiger partial charge in [-0.3, -0.25) is 10.1 Å². The van der Waals surface area contributed by atoms with Crippen molar-refractivity contribution >= 4 is 15.7 Å². The molecule has 10 heteroatoms. The Bertz CT molecular complexity index is 665. The van der Waals surface area contributed by atoms with E-state index < -0.39 is 38.0 Å². The molecule has 0 saturated carbocycles. The largest absolute Gasteiger partial charge is 0.490 e. The van der Waals surface area contributed by atoms with E-state index in [2.05, 4.69) is 0 Å². The maximum atomic E-state index is 12.7. The van der Waals surface area contributed by atoms with Crippen LogP contribution in [0.5, 0.6) is 5.75 Å². The van der Waals surface area contributed by atoms with Crippen LogP contribution in [-0.2, 0) is 10.0 Å². The number of hydrogen-bond donors (Lipinski definition) is 0. The second-order valence-corrected chi connectivity index (χ2v) is 6.29. The Kier molecular flexibility index (Phi) is 4.10. The standard InChI is InChI=1S/C11H12F2N2O5S/c1-20-10-3-2-7(6-9(10)15(16)17)21(18,19)14-5-4-8(14)11(12)13/h2-3,6,8,11H,4-5H2,1H3/t8-/m1/s1. The summed E-state index contributed by atoms with van der Waals surface area (Å²) < 4.78 is 55.2. The molecule has 0 unspecified atom stereocenters. The molecule has 21 heavy (non-hydrogen) atoms. The van der Waals surface area contributed by atoms with Gasteiger partial charge in [0.2, 0.25) is 10.0 Å². The van der Waals surface area contributed by atoms with E-state index in [1.165, 1.54) is 7.11 Å². The molecular formula is C11H12F2N2O5S. The van der Waals surface area contributed by atoms with Crippen LogP contribution in [0.25, 0.3) is 0 Å². The number of ether oxygens (including phenoxy) is 1. The molecule has 0 N–H and O–H groups in total. The van der Waals surface area contributed by atoms with E-state index in [-0.39, 0.29) is 18.7 Å². The summed E-state index contributed by atoms with van der Waals surface area (Å²) in [6.07, 6.45) is -2.73. The number of methoxy groups -OCH3 is 1. The molecule has 0 bridgehead atoms. The van der Waals surface area contributed by atoms with Crippen molar-refractivity contribution in [2.45, 2.75) is 23.8 Å². The molecule has 0 aliphatic carbocycles. The maximum absolute atomic E-state index is 12.7. The molecule has 1 aromatic carbocycles. The molecule has 7 nitrogen and oxygen atoms in total. The van der Waals surface area contributed by atoms with Gasteiger partial charge in [-0.2, -0.15) is 4.31 Å². The zero-order valence-corrected chi connectivity index (χ0v) is 11.7. The topological polar surface area (TPSA) is 89.8 Å². The van der Waals surface area contributed by atoms with Gasteiger partial charge >= 0.3 is 5.69 Å². The summed E-state index contributed by atoms with van der Waals surface area (Å²) in [6, 6.07) is 1.66. The van der Waals surface area contributed by atoms with E-state index in [1.54, 1.807) is 0 Å². The van der Waals surface area contributed by atoms with Gasteiger partial charge in [-0.05, 0) is 18.6 Å². The highest BCUT2D eigenvalue weighted by Crippen LogP contribution is 2.34. The Morgan fingerprint density at radius 3 is 2.57 bits per heavy atom. The fourth-order valence-electron chi connectivity index (χ4n) is 2.04. The molecule has 0 amide bonds. The molecule has 1 aromatic rings. The van der Waals surface area contributed by atoms with E-state index in [0.29, 0.717) is 4.31 Å². The molecular weight excluding hydrogens is 310 g/mol. The molecule has 1 atom stereocenters. The van der Waals surface area contributed by atoms with Crippen LogP contribution in [0.4, 0.5) is 14.5 Å². The lowest BCUT2D eigenvalue weighted by molar-refractivity contribution is -0.386. The smallest absolute Gasteiger partial charge is 0.312 e. The van der Waals surface area contributed by atoms with Crippen molar-refractivity contribution in [2.75, 3.05) is 13.7 Å². The summed E-state index contributed by atoms with van der Waals surface area (Å²) in [4.78, 5) is 9.69. The average molecular weight is 322 g/mol. The molecule has 0 aromatic heterocycles. The summed E-state index contributed by atoms with van der Waals surface area (Å²) in [5.41, 5.74) is -0.535. The van der Waals surface area contributed by atoms with Gasteiger partial charge in [-0.15, -0.1) is 0 Å². The summed E-state index contributed by atoms with van der Waals surface area (Å²) in [5.74, 6) is -0.104. The minimum Gasteiger partial charge on any atom is -0.490 e. The average Bonchev–Trinajstić information content (AvgIpc) is 2.35. The predicted octanol–water partition coefficient (Wildman–Crippen LogP) is 1.63.